The van der Waals surface area contributed by atoms with Crippen molar-refractivity contribution in [3.63, 3.8) is 0 Å². The summed E-state index contributed by atoms with van der Waals surface area (Å²) < 4.78 is 0. The molecule has 7 atom stereocenters. The zero-order chi connectivity index (χ0) is 20.7. The minimum Gasteiger partial charge on any atom is -0.481 e. The van der Waals surface area contributed by atoms with Gasteiger partial charge in [0, 0.05) is 12.5 Å². The van der Waals surface area contributed by atoms with Crippen LogP contribution in [0.25, 0.3) is 0 Å². The summed E-state index contributed by atoms with van der Waals surface area (Å²) in [6, 6.07) is -2.49. The van der Waals surface area contributed by atoms with Crippen molar-refractivity contribution in [2.75, 3.05) is 19.7 Å². The monoisotopic (exact) mass is 394 g/mol. The van der Waals surface area contributed by atoms with Gasteiger partial charge in [-0.25, -0.2) is 0 Å². The average Bonchev–Trinajstić information content (AvgIpc) is 2.56. The molecule has 156 valence electrons. The number of carbonyl (C=O) groups is 3. The van der Waals surface area contributed by atoms with Gasteiger partial charge in [0.05, 0.1) is 49.4 Å². The lowest BCUT2D eigenvalue weighted by Crippen LogP contribution is -2.69. The van der Waals surface area contributed by atoms with Gasteiger partial charge in [0.1, 0.15) is 0 Å². The van der Waals surface area contributed by atoms with E-state index < -0.39 is 79.8 Å². The maximum Gasteiger partial charge on any atom is 0.317 e. The molecule has 1 rings (SSSR count). The van der Waals surface area contributed by atoms with E-state index in [0.29, 0.717) is 0 Å². The van der Waals surface area contributed by atoms with E-state index in [1.165, 1.54) is 0 Å². The summed E-state index contributed by atoms with van der Waals surface area (Å²) >= 11 is 0. The van der Waals surface area contributed by atoms with Crippen molar-refractivity contribution in [2.24, 2.45) is 11.8 Å². The summed E-state index contributed by atoms with van der Waals surface area (Å²) in [5, 5.41) is 72.0. The molecule has 0 aromatic carbocycles. The number of carboxylic acid groups (broad SMARTS) is 3. The van der Waals surface area contributed by atoms with Gasteiger partial charge in [-0.05, 0) is 12.8 Å². The van der Waals surface area contributed by atoms with Crippen LogP contribution in [0.5, 0.6) is 0 Å². The van der Waals surface area contributed by atoms with Crippen molar-refractivity contribution < 1.29 is 50.1 Å². The number of carboxylic acids is 3. The standard InChI is InChI=1S/C15H26N2O10/c18-2-1-6(15(26)27)3-7-12(23)10(16-4-8(19)20)14(25)11(13(7)24)17-5-9(21)22/h6-7,10-14,16-18,23-25H,1-5H2,(H,19,20)(H,21,22)(H,26,27)/t6?,7?,10-,11+,12-,13+,14?. The number of hydrogen-bond acceptors (Lipinski definition) is 9. The molecule has 1 aliphatic rings. The molecule has 0 heterocycles. The van der Waals surface area contributed by atoms with Gasteiger partial charge in [0.2, 0.25) is 0 Å². The third kappa shape index (κ3) is 6.37. The topological polar surface area (TPSA) is 217 Å². The summed E-state index contributed by atoms with van der Waals surface area (Å²) in [6.07, 6.45) is -4.93. The molecular weight excluding hydrogens is 368 g/mol. The summed E-state index contributed by atoms with van der Waals surface area (Å²) in [5.41, 5.74) is 0. The molecule has 0 aromatic rings. The van der Waals surface area contributed by atoms with E-state index in [4.69, 9.17) is 15.3 Å². The fourth-order valence-corrected chi connectivity index (χ4v) is 3.36. The smallest absolute Gasteiger partial charge is 0.317 e. The highest BCUT2D eigenvalue weighted by molar-refractivity contribution is 5.70. The van der Waals surface area contributed by atoms with Crippen molar-refractivity contribution in [1.82, 2.24) is 10.6 Å². The Hall–Kier alpha value is -1.83. The van der Waals surface area contributed by atoms with Gasteiger partial charge >= 0.3 is 17.9 Å². The van der Waals surface area contributed by atoms with Gasteiger partial charge in [-0.3, -0.25) is 25.0 Å². The molecule has 0 aromatic heterocycles. The predicted molar refractivity (Wildman–Crippen MR) is 87.8 cm³/mol. The summed E-state index contributed by atoms with van der Waals surface area (Å²) in [7, 11) is 0. The first-order chi connectivity index (χ1) is 12.6. The third-order valence-corrected chi connectivity index (χ3v) is 4.71. The quantitative estimate of drug-likeness (QED) is 0.165. The molecule has 27 heavy (non-hydrogen) atoms. The molecule has 0 saturated heterocycles. The Kier molecular flexibility index (Phi) is 9.02. The Morgan fingerprint density at radius 2 is 1.26 bits per heavy atom. The fourth-order valence-electron chi connectivity index (χ4n) is 3.36. The van der Waals surface area contributed by atoms with Crippen LogP contribution in [0.15, 0.2) is 0 Å². The third-order valence-electron chi connectivity index (χ3n) is 4.71. The Bertz CT molecular complexity index is 499. The molecule has 0 bridgehead atoms. The van der Waals surface area contributed by atoms with Crippen LogP contribution in [0.1, 0.15) is 12.8 Å². The summed E-state index contributed by atoms with van der Waals surface area (Å²) in [4.78, 5) is 32.9. The van der Waals surface area contributed by atoms with E-state index in [1.807, 2.05) is 0 Å². The van der Waals surface area contributed by atoms with Gasteiger partial charge in [0.15, 0.2) is 0 Å². The van der Waals surface area contributed by atoms with Crippen LogP contribution >= 0.6 is 0 Å². The predicted octanol–water partition coefficient (Wildman–Crippen LogP) is -3.74. The molecular formula is C15H26N2O10. The highest BCUT2D eigenvalue weighted by Gasteiger charge is 2.50. The van der Waals surface area contributed by atoms with Crippen molar-refractivity contribution in [3.8, 4) is 0 Å². The highest BCUT2D eigenvalue weighted by Crippen LogP contribution is 2.32. The molecule has 3 unspecified atom stereocenters. The lowest BCUT2D eigenvalue weighted by molar-refractivity contribution is -0.148. The number of aliphatic carboxylic acids is 3. The van der Waals surface area contributed by atoms with Gasteiger partial charge < -0.3 is 35.7 Å². The van der Waals surface area contributed by atoms with E-state index in [9.17, 15) is 34.8 Å². The van der Waals surface area contributed by atoms with Crippen LogP contribution < -0.4 is 10.6 Å². The van der Waals surface area contributed by atoms with Crippen molar-refractivity contribution in [1.29, 1.82) is 0 Å². The highest BCUT2D eigenvalue weighted by atomic mass is 16.4. The van der Waals surface area contributed by atoms with Crippen LogP contribution in [-0.4, -0.2) is 104 Å². The normalized spacial score (nSPS) is 32.0. The SMILES string of the molecule is O=C(O)CN[C@@H]1C(O)[C@H](NCC(=O)O)[C@H](O)C(CC(CCO)C(=O)O)[C@@H]1O. The molecule has 0 aliphatic heterocycles. The number of aliphatic hydroxyl groups excluding tert-OH is 4. The first-order valence-electron chi connectivity index (χ1n) is 8.38. The Morgan fingerprint density at radius 3 is 1.59 bits per heavy atom. The molecule has 1 fully saturated rings. The maximum atomic E-state index is 11.3. The minimum absolute atomic E-state index is 0.131. The van der Waals surface area contributed by atoms with Crippen LogP contribution in [0.4, 0.5) is 0 Å². The second kappa shape index (κ2) is 10.5. The first-order valence-corrected chi connectivity index (χ1v) is 8.38. The molecule has 0 spiro atoms. The lowest BCUT2D eigenvalue weighted by Gasteiger charge is -2.47. The number of hydrogen-bond donors (Lipinski definition) is 9. The fraction of sp³-hybridized carbons (Fsp3) is 0.800. The molecule has 12 nitrogen and oxygen atoms in total. The number of aliphatic hydroxyl groups is 4. The van der Waals surface area contributed by atoms with Crippen molar-refractivity contribution in [3.05, 3.63) is 0 Å². The van der Waals surface area contributed by atoms with Gasteiger partial charge in [-0.15, -0.1) is 0 Å². The summed E-state index contributed by atoms with van der Waals surface area (Å²) in [6.45, 7) is -1.67. The Balaban J connectivity index is 3.07. The van der Waals surface area contributed by atoms with E-state index in [1.54, 1.807) is 0 Å². The van der Waals surface area contributed by atoms with E-state index in [2.05, 4.69) is 10.6 Å². The van der Waals surface area contributed by atoms with Crippen LogP contribution in [-0.2, 0) is 14.4 Å². The molecule has 1 saturated carbocycles. The molecule has 9 N–H and O–H groups in total. The van der Waals surface area contributed by atoms with Gasteiger partial charge in [-0.2, -0.15) is 0 Å². The van der Waals surface area contributed by atoms with Crippen LogP contribution in [0.3, 0.4) is 0 Å². The van der Waals surface area contributed by atoms with Gasteiger partial charge in [-0.1, -0.05) is 0 Å². The number of nitrogens with one attached hydrogen (secondary N) is 2. The minimum atomic E-state index is -1.54. The van der Waals surface area contributed by atoms with Crippen molar-refractivity contribution >= 4 is 17.9 Å². The van der Waals surface area contributed by atoms with Gasteiger partial charge in [0.25, 0.3) is 0 Å². The van der Waals surface area contributed by atoms with E-state index in [0.717, 1.165) is 0 Å². The number of rotatable bonds is 11. The van der Waals surface area contributed by atoms with Crippen LogP contribution in [0, 0.1) is 11.8 Å². The first kappa shape index (κ1) is 23.2. The molecule has 0 amide bonds. The Labute approximate surface area is 154 Å². The summed E-state index contributed by atoms with van der Waals surface area (Å²) in [5.74, 6) is -6.00. The van der Waals surface area contributed by atoms with Crippen molar-refractivity contribution in [2.45, 2.75) is 43.2 Å². The largest absolute Gasteiger partial charge is 0.481 e. The molecule has 0 radical (unpaired) electrons. The zero-order valence-corrected chi connectivity index (χ0v) is 14.4. The second-order valence-corrected chi connectivity index (χ2v) is 6.52. The second-order valence-electron chi connectivity index (χ2n) is 6.52. The molecule has 1 aliphatic carbocycles. The van der Waals surface area contributed by atoms with Crippen LogP contribution in [0.2, 0.25) is 0 Å². The maximum absolute atomic E-state index is 11.3. The Morgan fingerprint density at radius 1 is 0.815 bits per heavy atom. The lowest BCUT2D eigenvalue weighted by atomic mass is 9.72. The average molecular weight is 394 g/mol. The molecule has 12 heteroatoms. The van der Waals surface area contributed by atoms with E-state index >= 15 is 0 Å². The zero-order valence-electron chi connectivity index (χ0n) is 14.4. The van der Waals surface area contributed by atoms with E-state index in [-0.39, 0.29) is 12.8 Å².